The second kappa shape index (κ2) is 8.19. The molecule has 0 aliphatic carbocycles. The highest BCUT2D eigenvalue weighted by atomic mass is 32.1. The summed E-state index contributed by atoms with van der Waals surface area (Å²) in [4.78, 5) is 26.0. The molecule has 0 aromatic carbocycles. The lowest BCUT2D eigenvalue weighted by atomic mass is 10.3. The number of morpholine rings is 1. The molecule has 0 unspecified atom stereocenters. The normalized spacial score (nSPS) is 15.1. The lowest BCUT2D eigenvalue weighted by Gasteiger charge is -2.25. The first kappa shape index (κ1) is 17.5. The zero-order chi connectivity index (χ0) is 17.6. The number of nitrogens with zero attached hydrogens (tertiary/aromatic N) is 3. The van der Waals surface area contributed by atoms with E-state index in [4.69, 9.17) is 13.9 Å². The average molecular weight is 366 g/mol. The molecule has 1 N–H and O–H groups in total. The van der Waals surface area contributed by atoms with Crippen molar-refractivity contribution in [2.24, 2.45) is 0 Å². The highest BCUT2D eigenvalue weighted by Gasteiger charge is 2.14. The monoisotopic (exact) mass is 366 g/mol. The summed E-state index contributed by atoms with van der Waals surface area (Å²) in [6, 6.07) is 1.39. The molecular formula is C15H18N4O5S. The Balaban J connectivity index is 1.52. The van der Waals surface area contributed by atoms with Gasteiger partial charge in [0.2, 0.25) is 16.3 Å². The second-order valence-corrected chi connectivity index (χ2v) is 6.61. The average Bonchev–Trinajstić information content (AvgIpc) is 3.00. The molecule has 2 aromatic rings. The number of hydrogen-bond acceptors (Lipinski definition) is 9. The first-order valence-corrected chi connectivity index (χ1v) is 8.56. The largest absolute Gasteiger partial charge is 0.477 e. The third-order valence-electron chi connectivity index (χ3n) is 3.47. The van der Waals surface area contributed by atoms with Gasteiger partial charge in [0.15, 0.2) is 6.61 Å². The highest BCUT2D eigenvalue weighted by molar-refractivity contribution is 7.15. The molecule has 134 valence electrons. The van der Waals surface area contributed by atoms with Crippen LogP contribution in [-0.4, -0.2) is 53.9 Å². The van der Waals surface area contributed by atoms with Crippen molar-refractivity contribution in [3.63, 3.8) is 0 Å². The molecule has 1 fully saturated rings. The molecule has 0 atom stereocenters. The summed E-state index contributed by atoms with van der Waals surface area (Å²) in [5.41, 5.74) is -0.325. The van der Waals surface area contributed by atoms with Gasteiger partial charge in [-0.1, -0.05) is 11.3 Å². The van der Waals surface area contributed by atoms with E-state index in [0.29, 0.717) is 30.7 Å². The fourth-order valence-corrected chi connectivity index (χ4v) is 2.86. The zero-order valence-electron chi connectivity index (χ0n) is 13.7. The van der Waals surface area contributed by atoms with Crippen molar-refractivity contribution in [1.82, 2.24) is 15.1 Å². The van der Waals surface area contributed by atoms with Gasteiger partial charge in [-0.25, -0.2) is 0 Å². The van der Waals surface area contributed by atoms with Gasteiger partial charge in [-0.15, -0.1) is 10.2 Å². The molecule has 0 spiro atoms. The van der Waals surface area contributed by atoms with Gasteiger partial charge in [-0.2, -0.15) is 0 Å². The summed E-state index contributed by atoms with van der Waals surface area (Å²) in [6.07, 6.45) is 1.24. The summed E-state index contributed by atoms with van der Waals surface area (Å²) < 4.78 is 15.9. The highest BCUT2D eigenvalue weighted by Crippen LogP contribution is 2.14. The van der Waals surface area contributed by atoms with Crippen LogP contribution >= 0.6 is 11.3 Å². The number of ether oxygens (including phenoxy) is 2. The zero-order valence-corrected chi connectivity index (χ0v) is 14.5. The van der Waals surface area contributed by atoms with E-state index in [1.165, 1.54) is 23.7 Å². The molecule has 0 saturated carbocycles. The van der Waals surface area contributed by atoms with Crippen LogP contribution in [0.15, 0.2) is 21.5 Å². The maximum absolute atomic E-state index is 12.1. The standard InChI is InChI=1S/C15H18N4O5S/c1-10-17-18-15(25-10)16-14(21)9-24-13-8-23-11(6-12(13)20)7-19-2-4-22-5-3-19/h6,8H,2-5,7,9H2,1H3,(H,16,18,21). The van der Waals surface area contributed by atoms with Crippen LogP contribution < -0.4 is 15.5 Å². The summed E-state index contributed by atoms with van der Waals surface area (Å²) in [5.74, 6) is 0.121. The number of carbonyl (C=O) groups is 1. The van der Waals surface area contributed by atoms with Gasteiger partial charge in [0.05, 0.1) is 19.8 Å². The van der Waals surface area contributed by atoms with Gasteiger partial charge in [0.1, 0.15) is 17.0 Å². The Morgan fingerprint density at radius 3 is 2.88 bits per heavy atom. The number of carbonyl (C=O) groups excluding carboxylic acids is 1. The summed E-state index contributed by atoms with van der Waals surface area (Å²) in [6.45, 7) is 4.96. The van der Waals surface area contributed by atoms with E-state index < -0.39 is 5.91 Å². The van der Waals surface area contributed by atoms with Gasteiger partial charge in [-0.3, -0.25) is 19.8 Å². The van der Waals surface area contributed by atoms with E-state index in [0.717, 1.165) is 18.1 Å². The summed E-state index contributed by atoms with van der Waals surface area (Å²) >= 11 is 1.26. The molecule has 3 rings (SSSR count). The number of aromatic nitrogens is 2. The van der Waals surface area contributed by atoms with Crippen LogP contribution in [0.4, 0.5) is 5.13 Å². The van der Waals surface area contributed by atoms with Crippen LogP contribution in [0.3, 0.4) is 0 Å². The predicted octanol–water partition coefficient (Wildman–Crippen LogP) is 0.649. The van der Waals surface area contributed by atoms with Crippen LogP contribution in [0.5, 0.6) is 5.75 Å². The molecule has 25 heavy (non-hydrogen) atoms. The number of hydrogen-bond donors (Lipinski definition) is 1. The quantitative estimate of drug-likeness (QED) is 0.794. The molecule has 1 aliphatic heterocycles. The Kier molecular flexibility index (Phi) is 5.74. The Bertz CT molecular complexity index is 784. The van der Waals surface area contributed by atoms with Crippen LogP contribution in [0.1, 0.15) is 10.8 Å². The Hall–Kier alpha value is -2.30. The smallest absolute Gasteiger partial charge is 0.264 e. The summed E-state index contributed by atoms with van der Waals surface area (Å²) in [5, 5.41) is 11.3. The molecule has 1 saturated heterocycles. The van der Waals surface area contributed by atoms with Gasteiger partial charge >= 0.3 is 0 Å². The van der Waals surface area contributed by atoms with Crippen molar-refractivity contribution in [1.29, 1.82) is 0 Å². The minimum atomic E-state index is -0.423. The maximum Gasteiger partial charge on any atom is 0.264 e. The van der Waals surface area contributed by atoms with E-state index in [-0.39, 0.29) is 17.8 Å². The van der Waals surface area contributed by atoms with Crippen LogP contribution in [0.25, 0.3) is 0 Å². The van der Waals surface area contributed by atoms with Gasteiger partial charge in [-0.05, 0) is 6.92 Å². The first-order chi connectivity index (χ1) is 12.1. The number of amides is 1. The van der Waals surface area contributed by atoms with Crippen molar-refractivity contribution in [2.45, 2.75) is 13.5 Å². The molecule has 3 heterocycles. The third-order valence-corrected chi connectivity index (χ3v) is 4.22. The molecule has 1 amide bonds. The maximum atomic E-state index is 12.1. The molecular weight excluding hydrogens is 348 g/mol. The van der Waals surface area contributed by atoms with E-state index in [9.17, 15) is 9.59 Å². The third kappa shape index (κ3) is 5.08. The lowest BCUT2D eigenvalue weighted by Crippen LogP contribution is -2.35. The van der Waals surface area contributed by atoms with Gasteiger partial charge < -0.3 is 13.9 Å². The Labute approximate surface area is 147 Å². The molecule has 0 bridgehead atoms. The van der Waals surface area contributed by atoms with Crippen LogP contribution in [0, 0.1) is 6.92 Å². The Morgan fingerprint density at radius 2 is 2.20 bits per heavy atom. The SMILES string of the molecule is Cc1nnc(NC(=O)COc2coc(CN3CCOCC3)cc2=O)s1. The number of aryl methyl sites for hydroxylation is 1. The van der Waals surface area contributed by atoms with E-state index in [1.54, 1.807) is 6.92 Å². The van der Waals surface area contributed by atoms with E-state index in [1.807, 2.05) is 0 Å². The fourth-order valence-electron chi connectivity index (χ4n) is 2.25. The number of rotatable bonds is 6. The van der Waals surface area contributed by atoms with Gasteiger partial charge in [0, 0.05) is 19.2 Å². The fraction of sp³-hybridized carbons (Fsp3) is 0.467. The second-order valence-electron chi connectivity index (χ2n) is 5.43. The van der Waals surface area contributed by atoms with E-state index in [2.05, 4.69) is 20.4 Å². The van der Waals surface area contributed by atoms with Crippen molar-refractivity contribution in [3.05, 3.63) is 33.3 Å². The molecule has 1 aliphatic rings. The first-order valence-electron chi connectivity index (χ1n) is 7.75. The Morgan fingerprint density at radius 1 is 1.40 bits per heavy atom. The minimum absolute atomic E-state index is 0.00526. The molecule has 9 nitrogen and oxygen atoms in total. The van der Waals surface area contributed by atoms with Gasteiger partial charge in [0.25, 0.3) is 5.91 Å². The number of nitrogens with one attached hydrogen (secondary N) is 1. The summed E-state index contributed by atoms with van der Waals surface area (Å²) in [7, 11) is 0. The van der Waals surface area contributed by atoms with E-state index >= 15 is 0 Å². The van der Waals surface area contributed by atoms with Crippen molar-refractivity contribution in [2.75, 3.05) is 38.2 Å². The van der Waals surface area contributed by atoms with Crippen LogP contribution in [0.2, 0.25) is 0 Å². The van der Waals surface area contributed by atoms with Crippen LogP contribution in [-0.2, 0) is 16.1 Å². The predicted molar refractivity (Wildman–Crippen MR) is 89.8 cm³/mol. The molecule has 2 aromatic heterocycles. The van der Waals surface area contributed by atoms with Crippen molar-refractivity contribution < 1.29 is 18.7 Å². The molecule has 10 heteroatoms. The minimum Gasteiger partial charge on any atom is -0.477 e. The number of anilines is 1. The van der Waals surface area contributed by atoms with Crippen molar-refractivity contribution in [3.8, 4) is 5.75 Å². The lowest BCUT2D eigenvalue weighted by molar-refractivity contribution is -0.118. The topological polar surface area (TPSA) is 107 Å². The molecule has 0 radical (unpaired) electrons. The van der Waals surface area contributed by atoms with Crippen molar-refractivity contribution >= 4 is 22.4 Å².